The third-order valence-corrected chi connectivity index (χ3v) is 3.62. The zero-order chi connectivity index (χ0) is 10.7. The van der Waals surface area contributed by atoms with E-state index in [1.165, 1.54) is 24.8 Å². The van der Waals surface area contributed by atoms with Gasteiger partial charge in [0.1, 0.15) is 0 Å². The van der Waals surface area contributed by atoms with Crippen molar-refractivity contribution in [1.29, 1.82) is 0 Å². The summed E-state index contributed by atoms with van der Waals surface area (Å²) in [7, 11) is 0. The summed E-state index contributed by atoms with van der Waals surface area (Å²) in [6.07, 6.45) is 4.95. The predicted molar refractivity (Wildman–Crippen MR) is 65.8 cm³/mol. The second kappa shape index (κ2) is 5.20. The fourth-order valence-corrected chi connectivity index (χ4v) is 2.37. The van der Waals surface area contributed by atoms with Gasteiger partial charge in [-0.25, -0.2) is 0 Å². The molecule has 82 valence electrons. The van der Waals surface area contributed by atoms with Crippen LogP contribution in [0.25, 0.3) is 0 Å². The first-order valence-corrected chi connectivity index (χ1v) is 6.18. The molecule has 2 rings (SSSR count). The van der Waals surface area contributed by atoms with Gasteiger partial charge in [0.05, 0.1) is 10.0 Å². The Balaban J connectivity index is 2.00. The number of halogens is 2. The normalized spacial score (nSPS) is 21.6. The summed E-state index contributed by atoms with van der Waals surface area (Å²) in [5.74, 6) is 0. The number of piperidine rings is 1. The van der Waals surface area contributed by atoms with Gasteiger partial charge in [-0.05, 0) is 43.5 Å². The molecule has 0 saturated carbocycles. The molecule has 0 radical (unpaired) electrons. The monoisotopic (exact) mass is 243 g/mol. The number of benzene rings is 1. The van der Waals surface area contributed by atoms with Gasteiger partial charge in [0, 0.05) is 6.04 Å². The molecule has 1 atom stereocenters. The highest BCUT2D eigenvalue weighted by Gasteiger charge is 2.13. The molecule has 0 bridgehead atoms. The quantitative estimate of drug-likeness (QED) is 0.836. The predicted octanol–water partition coefficient (Wildman–Crippen LogP) is 3.68. The average Bonchev–Trinajstić information content (AvgIpc) is 2.25. The van der Waals surface area contributed by atoms with Crippen LogP contribution in [0.3, 0.4) is 0 Å². The maximum Gasteiger partial charge on any atom is 0.0595 e. The summed E-state index contributed by atoms with van der Waals surface area (Å²) in [6.45, 7) is 1.14. The largest absolute Gasteiger partial charge is 0.314 e. The van der Waals surface area contributed by atoms with Crippen LogP contribution < -0.4 is 5.32 Å². The van der Waals surface area contributed by atoms with Crippen LogP contribution in [0.15, 0.2) is 18.2 Å². The van der Waals surface area contributed by atoms with Gasteiger partial charge in [-0.1, -0.05) is 35.7 Å². The van der Waals surface area contributed by atoms with Gasteiger partial charge < -0.3 is 5.32 Å². The Hall–Kier alpha value is -0.240. The highest BCUT2D eigenvalue weighted by Crippen LogP contribution is 2.24. The van der Waals surface area contributed by atoms with Crippen molar-refractivity contribution in [2.24, 2.45) is 0 Å². The van der Waals surface area contributed by atoms with Crippen molar-refractivity contribution in [3.8, 4) is 0 Å². The topological polar surface area (TPSA) is 12.0 Å². The second-order valence-electron chi connectivity index (χ2n) is 4.10. The van der Waals surface area contributed by atoms with E-state index in [0.29, 0.717) is 16.1 Å². The van der Waals surface area contributed by atoms with E-state index in [0.717, 1.165) is 13.0 Å². The highest BCUT2D eigenvalue weighted by atomic mass is 35.5. The van der Waals surface area contributed by atoms with E-state index >= 15 is 0 Å². The van der Waals surface area contributed by atoms with E-state index < -0.39 is 0 Å². The van der Waals surface area contributed by atoms with Crippen LogP contribution in [0.1, 0.15) is 24.8 Å². The first-order valence-electron chi connectivity index (χ1n) is 5.43. The molecular weight excluding hydrogens is 229 g/mol. The van der Waals surface area contributed by atoms with E-state index in [1.807, 2.05) is 12.1 Å². The minimum Gasteiger partial charge on any atom is -0.314 e. The molecule has 0 aromatic heterocycles. The third kappa shape index (κ3) is 3.10. The van der Waals surface area contributed by atoms with Crippen LogP contribution in [0.2, 0.25) is 10.0 Å². The molecule has 1 unspecified atom stereocenters. The van der Waals surface area contributed by atoms with E-state index in [-0.39, 0.29) is 0 Å². The lowest BCUT2D eigenvalue weighted by Gasteiger charge is -2.23. The van der Waals surface area contributed by atoms with E-state index in [1.54, 1.807) is 0 Å². The second-order valence-corrected chi connectivity index (χ2v) is 4.91. The molecule has 1 nitrogen and oxygen atoms in total. The third-order valence-electron chi connectivity index (χ3n) is 2.88. The highest BCUT2D eigenvalue weighted by molar-refractivity contribution is 6.42. The molecule has 1 N–H and O–H groups in total. The van der Waals surface area contributed by atoms with E-state index in [4.69, 9.17) is 23.2 Å². The molecular formula is C12H15Cl2N. The van der Waals surface area contributed by atoms with Gasteiger partial charge in [0.25, 0.3) is 0 Å². The number of hydrogen-bond donors (Lipinski definition) is 1. The Bertz CT molecular complexity index is 332. The summed E-state index contributed by atoms with van der Waals surface area (Å²) in [4.78, 5) is 0. The van der Waals surface area contributed by atoms with Gasteiger partial charge >= 0.3 is 0 Å². The van der Waals surface area contributed by atoms with Crippen molar-refractivity contribution >= 4 is 23.2 Å². The first-order chi connectivity index (χ1) is 7.25. The standard InChI is InChI=1S/C12H15Cl2N/c13-11-5-4-9(8-12(11)14)7-10-3-1-2-6-15-10/h4-5,8,10,15H,1-3,6-7H2. The van der Waals surface area contributed by atoms with Gasteiger partial charge in [-0.3, -0.25) is 0 Å². The lowest BCUT2D eigenvalue weighted by atomic mass is 9.98. The maximum atomic E-state index is 5.98. The Morgan fingerprint density at radius 3 is 2.73 bits per heavy atom. The van der Waals surface area contributed by atoms with Crippen molar-refractivity contribution in [1.82, 2.24) is 5.32 Å². The zero-order valence-electron chi connectivity index (χ0n) is 8.60. The molecule has 1 heterocycles. The van der Waals surface area contributed by atoms with Gasteiger partial charge in [-0.2, -0.15) is 0 Å². The van der Waals surface area contributed by atoms with Crippen LogP contribution in [0.5, 0.6) is 0 Å². The van der Waals surface area contributed by atoms with Gasteiger partial charge in [-0.15, -0.1) is 0 Å². The molecule has 1 aromatic rings. The number of nitrogens with one attached hydrogen (secondary N) is 1. The van der Waals surface area contributed by atoms with E-state index in [9.17, 15) is 0 Å². The first kappa shape index (κ1) is 11.3. The van der Waals surface area contributed by atoms with Crippen LogP contribution in [0.4, 0.5) is 0 Å². The fourth-order valence-electron chi connectivity index (χ4n) is 2.05. The summed E-state index contributed by atoms with van der Waals surface area (Å²) >= 11 is 11.9. The molecule has 1 saturated heterocycles. The SMILES string of the molecule is Clc1ccc(CC2CCCCN2)cc1Cl. The summed E-state index contributed by atoms with van der Waals surface area (Å²) in [5, 5.41) is 4.82. The van der Waals surface area contributed by atoms with Crippen molar-refractivity contribution in [3.05, 3.63) is 33.8 Å². The molecule has 15 heavy (non-hydrogen) atoms. The van der Waals surface area contributed by atoms with E-state index in [2.05, 4.69) is 11.4 Å². The van der Waals surface area contributed by atoms with Crippen LogP contribution >= 0.6 is 23.2 Å². The summed E-state index contributed by atoms with van der Waals surface area (Å²) < 4.78 is 0. The lowest BCUT2D eigenvalue weighted by Crippen LogP contribution is -2.35. The summed E-state index contributed by atoms with van der Waals surface area (Å²) in [5.41, 5.74) is 1.27. The molecule has 3 heteroatoms. The Morgan fingerprint density at radius 1 is 1.20 bits per heavy atom. The molecule has 0 spiro atoms. The minimum absolute atomic E-state index is 0.607. The van der Waals surface area contributed by atoms with Crippen molar-refractivity contribution in [2.75, 3.05) is 6.54 Å². The van der Waals surface area contributed by atoms with Crippen molar-refractivity contribution < 1.29 is 0 Å². The van der Waals surface area contributed by atoms with Crippen molar-refractivity contribution in [3.63, 3.8) is 0 Å². The minimum atomic E-state index is 0.607. The van der Waals surface area contributed by atoms with Crippen LogP contribution in [-0.4, -0.2) is 12.6 Å². The summed E-state index contributed by atoms with van der Waals surface area (Å²) in [6, 6.07) is 6.52. The van der Waals surface area contributed by atoms with Crippen LogP contribution in [0, 0.1) is 0 Å². The van der Waals surface area contributed by atoms with Gasteiger partial charge in [0.2, 0.25) is 0 Å². The molecule has 1 aliphatic rings. The average molecular weight is 244 g/mol. The molecule has 0 aliphatic carbocycles. The molecule has 1 aromatic carbocycles. The smallest absolute Gasteiger partial charge is 0.0595 e. The Kier molecular flexibility index (Phi) is 3.90. The fraction of sp³-hybridized carbons (Fsp3) is 0.500. The molecule has 0 amide bonds. The zero-order valence-corrected chi connectivity index (χ0v) is 10.1. The Morgan fingerprint density at radius 2 is 2.07 bits per heavy atom. The lowest BCUT2D eigenvalue weighted by molar-refractivity contribution is 0.399. The van der Waals surface area contributed by atoms with Crippen molar-refractivity contribution in [2.45, 2.75) is 31.7 Å². The maximum absolute atomic E-state index is 5.98. The van der Waals surface area contributed by atoms with Crippen LogP contribution in [-0.2, 0) is 6.42 Å². The van der Waals surface area contributed by atoms with Gasteiger partial charge in [0.15, 0.2) is 0 Å². The number of rotatable bonds is 2. The molecule has 1 fully saturated rings. The molecule has 1 aliphatic heterocycles. The Labute approximate surface area is 101 Å². The number of hydrogen-bond acceptors (Lipinski definition) is 1.